The topological polar surface area (TPSA) is 237 Å². The van der Waals surface area contributed by atoms with Crippen LogP contribution in [0.3, 0.4) is 0 Å². The summed E-state index contributed by atoms with van der Waals surface area (Å²) < 4.78 is 68.4. The first-order valence-corrected chi connectivity index (χ1v) is 40.9. The Balaban J connectivity index is 5.26. The van der Waals surface area contributed by atoms with Gasteiger partial charge in [-0.15, -0.1) is 0 Å². The molecule has 0 bridgehead atoms. The van der Waals surface area contributed by atoms with Gasteiger partial charge in [0.05, 0.1) is 26.4 Å². The fraction of sp³-hybridized carbons (Fsp3) is 0.945. The standard InChI is InChI=1S/C73H142O17P2/c1-8-11-12-13-14-15-16-17-18-19-20-21-28-33-42-49-56-72(77)89-68(60-83-70(75)54-47-40-32-27-23-22-26-31-38-45-52-65(6)9-2)62-87-91(79,80)85-58-67(74)59-86-92(81,82)88-63-69(61-84-71(76)55-48-41-36-35-39-46-53-66(7)10-3)90-73(78)57-50-43-34-29-24-25-30-37-44-51-64(4)5/h64-69,74H,8-63H2,1-7H3,(H,79,80)(H,81,82)/t65?,66?,67-,68-,69-/m1/s1. The van der Waals surface area contributed by atoms with Crippen molar-refractivity contribution in [2.45, 2.75) is 388 Å². The molecule has 4 unspecified atom stereocenters. The molecule has 0 saturated carbocycles. The van der Waals surface area contributed by atoms with Gasteiger partial charge in [-0.05, 0) is 43.4 Å². The SMILES string of the molecule is CCCCCCCCCCCCCCCCCCC(=O)O[C@H](COC(=O)CCCCCCCCCCCCC(C)CC)COP(=O)(O)OC[C@@H](O)COP(=O)(O)OC[C@@H](COC(=O)CCCCCCCCC(C)CC)OC(=O)CCCCCCCCCCCC(C)C. The predicted molar refractivity (Wildman–Crippen MR) is 372 cm³/mol. The number of hydrogen-bond acceptors (Lipinski definition) is 15. The first kappa shape index (κ1) is 90.1. The molecule has 17 nitrogen and oxygen atoms in total. The summed E-state index contributed by atoms with van der Waals surface area (Å²) in [5.74, 6) is 0.154. The highest BCUT2D eigenvalue weighted by Crippen LogP contribution is 2.45. The summed E-state index contributed by atoms with van der Waals surface area (Å²) in [5, 5.41) is 10.6. The minimum Gasteiger partial charge on any atom is -0.462 e. The molecule has 0 aliphatic heterocycles. The third-order valence-corrected chi connectivity index (χ3v) is 19.5. The monoisotopic (exact) mass is 1350 g/mol. The van der Waals surface area contributed by atoms with Crippen molar-refractivity contribution < 1.29 is 80.2 Å². The van der Waals surface area contributed by atoms with Crippen molar-refractivity contribution in [3.63, 3.8) is 0 Å². The van der Waals surface area contributed by atoms with Gasteiger partial charge in [0.25, 0.3) is 0 Å². The number of phosphoric ester groups is 2. The smallest absolute Gasteiger partial charge is 0.462 e. The Kier molecular flexibility index (Phi) is 62.4. The molecule has 3 N–H and O–H groups in total. The van der Waals surface area contributed by atoms with E-state index in [0.29, 0.717) is 25.7 Å². The summed E-state index contributed by atoms with van der Waals surface area (Å²) in [6.07, 6.45) is 48.5. The molecule has 0 aromatic carbocycles. The zero-order valence-corrected chi connectivity index (χ0v) is 61.8. The molecule has 0 saturated heterocycles. The van der Waals surface area contributed by atoms with E-state index < -0.39 is 97.5 Å². The van der Waals surface area contributed by atoms with Gasteiger partial charge in [0.2, 0.25) is 0 Å². The van der Waals surface area contributed by atoms with Gasteiger partial charge >= 0.3 is 39.5 Å². The molecule has 19 heteroatoms. The molecule has 92 heavy (non-hydrogen) atoms. The molecule has 546 valence electrons. The first-order valence-electron chi connectivity index (χ1n) is 37.9. The van der Waals surface area contributed by atoms with E-state index in [-0.39, 0.29) is 25.7 Å². The first-order chi connectivity index (χ1) is 44.3. The Labute approximate surface area is 562 Å². The number of ether oxygens (including phenoxy) is 4. The highest BCUT2D eigenvalue weighted by Gasteiger charge is 2.30. The van der Waals surface area contributed by atoms with Gasteiger partial charge in [-0.2, -0.15) is 0 Å². The number of aliphatic hydroxyl groups excluding tert-OH is 1. The lowest BCUT2D eigenvalue weighted by molar-refractivity contribution is -0.161. The van der Waals surface area contributed by atoms with Crippen LogP contribution in [0.25, 0.3) is 0 Å². The van der Waals surface area contributed by atoms with E-state index in [1.807, 2.05) is 0 Å². The average molecular weight is 1350 g/mol. The van der Waals surface area contributed by atoms with Crippen LogP contribution in [0.2, 0.25) is 0 Å². The lowest BCUT2D eigenvalue weighted by atomic mass is 9.99. The maximum Gasteiger partial charge on any atom is 0.472 e. The summed E-state index contributed by atoms with van der Waals surface area (Å²) in [5.41, 5.74) is 0. The van der Waals surface area contributed by atoms with Crippen LogP contribution in [-0.4, -0.2) is 96.7 Å². The molecule has 0 aliphatic carbocycles. The lowest BCUT2D eigenvalue weighted by Gasteiger charge is -2.21. The molecule has 0 rings (SSSR count). The second kappa shape index (κ2) is 63.8. The molecule has 7 atom stereocenters. The predicted octanol–water partition coefficient (Wildman–Crippen LogP) is 21.0. The summed E-state index contributed by atoms with van der Waals surface area (Å²) in [6.45, 7) is 11.8. The molecule has 0 amide bonds. The van der Waals surface area contributed by atoms with Gasteiger partial charge in [0.1, 0.15) is 19.3 Å². The molecule has 0 aliphatic rings. The zero-order chi connectivity index (χ0) is 68.0. The van der Waals surface area contributed by atoms with E-state index >= 15 is 0 Å². The van der Waals surface area contributed by atoms with Gasteiger partial charge < -0.3 is 33.8 Å². The van der Waals surface area contributed by atoms with Gasteiger partial charge in [-0.25, -0.2) is 9.13 Å². The van der Waals surface area contributed by atoms with Crippen LogP contribution >= 0.6 is 15.6 Å². The molecular weight excluding hydrogens is 1210 g/mol. The summed E-state index contributed by atoms with van der Waals surface area (Å²) in [6, 6.07) is 0. The maximum atomic E-state index is 13.1. The average Bonchev–Trinajstić information content (AvgIpc) is 2.80. The quantitative estimate of drug-likeness (QED) is 0.0222. The van der Waals surface area contributed by atoms with Crippen LogP contribution in [0.15, 0.2) is 0 Å². The second-order valence-electron chi connectivity index (χ2n) is 27.3. The number of hydrogen-bond donors (Lipinski definition) is 3. The fourth-order valence-corrected chi connectivity index (χ4v) is 12.6. The minimum atomic E-state index is -4.96. The summed E-state index contributed by atoms with van der Waals surface area (Å²) in [4.78, 5) is 72.7. The number of phosphoric acid groups is 2. The number of carbonyl (C=O) groups is 4. The molecular formula is C73H142O17P2. The van der Waals surface area contributed by atoms with Crippen molar-refractivity contribution in [2.75, 3.05) is 39.6 Å². The van der Waals surface area contributed by atoms with Gasteiger partial charge in [0.15, 0.2) is 12.2 Å². The normalized spacial score (nSPS) is 14.7. The Bertz CT molecular complexity index is 1810. The van der Waals surface area contributed by atoms with E-state index in [1.54, 1.807) is 0 Å². The van der Waals surface area contributed by atoms with Crippen molar-refractivity contribution >= 4 is 39.5 Å². The third-order valence-electron chi connectivity index (χ3n) is 17.6. The van der Waals surface area contributed by atoms with E-state index in [1.165, 1.54) is 173 Å². The summed E-state index contributed by atoms with van der Waals surface area (Å²) >= 11 is 0. The Hall–Kier alpha value is -1.94. The molecule has 0 aromatic rings. The Morgan fingerprint density at radius 2 is 0.554 bits per heavy atom. The van der Waals surface area contributed by atoms with Crippen LogP contribution in [0, 0.1) is 17.8 Å². The van der Waals surface area contributed by atoms with Crippen molar-refractivity contribution in [3.8, 4) is 0 Å². The van der Waals surface area contributed by atoms with Gasteiger partial charge in [-0.3, -0.25) is 37.3 Å². The molecule has 0 heterocycles. The molecule has 0 fully saturated rings. The molecule has 0 radical (unpaired) electrons. The van der Waals surface area contributed by atoms with Gasteiger partial charge in [0, 0.05) is 25.7 Å². The largest absolute Gasteiger partial charge is 0.472 e. The number of esters is 4. The molecule has 0 spiro atoms. The fourth-order valence-electron chi connectivity index (χ4n) is 11.0. The van der Waals surface area contributed by atoms with Crippen molar-refractivity contribution in [2.24, 2.45) is 17.8 Å². The van der Waals surface area contributed by atoms with Crippen molar-refractivity contribution in [1.82, 2.24) is 0 Å². The summed E-state index contributed by atoms with van der Waals surface area (Å²) in [7, 11) is -9.91. The minimum absolute atomic E-state index is 0.104. The van der Waals surface area contributed by atoms with Crippen LogP contribution in [0.5, 0.6) is 0 Å². The maximum absolute atomic E-state index is 13.1. The third kappa shape index (κ3) is 64.1. The van der Waals surface area contributed by atoms with Crippen LogP contribution in [0.4, 0.5) is 0 Å². The number of carbonyl (C=O) groups excluding carboxylic acids is 4. The van der Waals surface area contributed by atoms with E-state index in [4.69, 9.17) is 37.0 Å². The van der Waals surface area contributed by atoms with Crippen molar-refractivity contribution in [3.05, 3.63) is 0 Å². The Morgan fingerprint density at radius 1 is 0.315 bits per heavy atom. The second-order valence-corrected chi connectivity index (χ2v) is 30.2. The van der Waals surface area contributed by atoms with Crippen LogP contribution in [0.1, 0.15) is 370 Å². The van der Waals surface area contributed by atoms with Crippen LogP contribution < -0.4 is 0 Å². The van der Waals surface area contributed by atoms with E-state index in [9.17, 15) is 43.2 Å². The van der Waals surface area contributed by atoms with Gasteiger partial charge in [-0.1, -0.05) is 318 Å². The number of aliphatic hydroxyl groups is 1. The molecule has 0 aromatic heterocycles. The van der Waals surface area contributed by atoms with E-state index in [2.05, 4.69) is 48.5 Å². The highest BCUT2D eigenvalue weighted by atomic mass is 31.2. The number of unbranched alkanes of at least 4 members (excludes halogenated alkanes) is 37. The van der Waals surface area contributed by atoms with E-state index in [0.717, 1.165) is 114 Å². The lowest BCUT2D eigenvalue weighted by Crippen LogP contribution is -2.30. The Morgan fingerprint density at radius 3 is 0.826 bits per heavy atom. The zero-order valence-electron chi connectivity index (χ0n) is 60.0. The highest BCUT2D eigenvalue weighted by molar-refractivity contribution is 7.47. The van der Waals surface area contributed by atoms with Crippen LogP contribution in [-0.2, 0) is 65.4 Å². The number of rotatable bonds is 71. The van der Waals surface area contributed by atoms with Crippen molar-refractivity contribution in [1.29, 1.82) is 0 Å².